The van der Waals surface area contributed by atoms with E-state index in [0.29, 0.717) is 5.92 Å². The monoisotopic (exact) mass is 266 g/mol. The maximum atomic E-state index is 4.81. The molecule has 1 saturated carbocycles. The standard InChI is InChI=1S/C15H26N2S/c1-5-16-15(14-17-12(4)10-18-14)9-7-6-8-13(15)11(2)3/h10-11,13,16H,5-9H2,1-4H3. The zero-order valence-electron chi connectivity index (χ0n) is 12.1. The molecule has 0 aliphatic heterocycles. The van der Waals surface area contributed by atoms with Crippen LogP contribution < -0.4 is 5.32 Å². The van der Waals surface area contributed by atoms with E-state index in [2.05, 4.69) is 38.4 Å². The van der Waals surface area contributed by atoms with Gasteiger partial charge >= 0.3 is 0 Å². The first-order valence-corrected chi connectivity index (χ1v) is 8.15. The molecule has 2 atom stereocenters. The number of aromatic nitrogens is 1. The SMILES string of the molecule is CCNC1(c2nc(C)cs2)CCCCC1C(C)C. The summed E-state index contributed by atoms with van der Waals surface area (Å²) in [5.74, 6) is 1.44. The molecule has 0 amide bonds. The molecule has 0 saturated heterocycles. The van der Waals surface area contributed by atoms with Gasteiger partial charge in [0, 0.05) is 11.1 Å². The quantitative estimate of drug-likeness (QED) is 0.887. The number of aryl methyl sites for hydroxylation is 1. The average molecular weight is 266 g/mol. The van der Waals surface area contributed by atoms with Gasteiger partial charge in [-0.25, -0.2) is 4.98 Å². The Morgan fingerprint density at radius 2 is 2.28 bits per heavy atom. The maximum absolute atomic E-state index is 4.81. The van der Waals surface area contributed by atoms with Crippen molar-refractivity contribution in [2.45, 2.75) is 58.9 Å². The van der Waals surface area contributed by atoms with Gasteiger partial charge in [0.2, 0.25) is 0 Å². The molecule has 2 nitrogen and oxygen atoms in total. The first kappa shape index (κ1) is 14.0. The summed E-state index contributed by atoms with van der Waals surface area (Å²) in [4.78, 5) is 4.81. The summed E-state index contributed by atoms with van der Waals surface area (Å²) in [7, 11) is 0. The normalized spacial score (nSPS) is 28.8. The van der Waals surface area contributed by atoms with Gasteiger partial charge in [-0.2, -0.15) is 0 Å². The number of hydrogen-bond donors (Lipinski definition) is 1. The predicted molar refractivity (Wildman–Crippen MR) is 79.0 cm³/mol. The molecule has 1 N–H and O–H groups in total. The summed E-state index contributed by atoms with van der Waals surface area (Å²) in [5.41, 5.74) is 1.31. The fraction of sp³-hybridized carbons (Fsp3) is 0.800. The summed E-state index contributed by atoms with van der Waals surface area (Å²) in [6.07, 6.45) is 5.29. The highest BCUT2D eigenvalue weighted by Gasteiger charge is 2.44. The molecule has 1 fully saturated rings. The Bertz CT molecular complexity index is 382. The Morgan fingerprint density at radius 3 is 2.83 bits per heavy atom. The van der Waals surface area contributed by atoms with E-state index in [9.17, 15) is 0 Å². The molecular formula is C15H26N2S. The Kier molecular flexibility index (Phi) is 4.44. The van der Waals surface area contributed by atoms with E-state index >= 15 is 0 Å². The van der Waals surface area contributed by atoms with Crippen molar-refractivity contribution in [3.8, 4) is 0 Å². The average Bonchev–Trinajstić information content (AvgIpc) is 2.77. The van der Waals surface area contributed by atoms with Crippen molar-refractivity contribution in [1.29, 1.82) is 0 Å². The number of hydrogen-bond acceptors (Lipinski definition) is 3. The van der Waals surface area contributed by atoms with Gasteiger partial charge in [0.05, 0.1) is 5.54 Å². The van der Waals surface area contributed by atoms with Gasteiger partial charge in [0.15, 0.2) is 0 Å². The van der Waals surface area contributed by atoms with Crippen LogP contribution in [-0.2, 0) is 5.54 Å². The second-order valence-electron chi connectivity index (χ2n) is 5.89. The van der Waals surface area contributed by atoms with Crippen LogP contribution >= 0.6 is 11.3 Å². The lowest BCUT2D eigenvalue weighted by Crippen LogP contribution is -2.52. The van der Waals surface area contributed by atoms with E-state index in [4.69, 9.17) is 4.98 Å². The molecular weight excluding hydrogens is 240 g/mol. The lowest BCUT2D eigenvalue weighted by Gasteiger charge is -2.45. The van der Waals surface area contributed by atoms with Gasteiger partial charge in [-0.3, -0.25) is 0 Å². The van der Waals surface area contributed by atoms with Crippen LogP contribution in [0.1, 0.15) is 57.2 Å². The van der Waals surface area contributed by atoms with E-state index in [1.54, 1.807) is 0 Å². The number of nitrogens with zero attached hydrogens (tertiary/aromatic N) is 1. The van der Waals surface area contributed by atoms with Crippen LogP contribution in [-0.4, -0.2) is 11.5 Å². The summed E-state index contributed by atoms with van der Waals surface area (Å²) >= 11 is 1.84. The van der Waals surface area contributed by atoms with Crippen LogP contribution in [0, 0.1) is 18.8 Å². The fourth-order valence-corrected chi connectivity index (χ4v) is 4.60. The molecule has 1 aliphatic carbocycles. The Labute approximate surface area is 115 Å². The topological polar surface area (TPSA) is 24.9 Å². The lowest BCUT2D eigenvalue weighted by atomic mass is 9.68. The third-order valence-electron chi connectivity index (χ3n) is 4.27. The minimum absolute atomic E-state index is 0.139. The number of thiazole rings is 1. The Balaban J connectivity index is 2.39. The predicted octanol–water partition coefficient (Wildman–Crippen LogP) is 4.10. The van der Waals surface area contributed by atoms with Crippen LogP contribution in [0.5, 0.6) is 0 Å². The Morgan fingerprint density at radius 1 is 1.50 bits per heavy atom. The van der Waals surface area contributed by atoms with Gasteiger partial charge < -0.3 is 5.32 Å². The molecule has 1 aromatic heterocycles. The van der Waals surface area contributed by atoms with Gasteiger partial charge in [0.25, 0.3) is 0 Å². The zero-order chi connectivity index (χ0) is 13.2. The molecule has 2 rings (SSSR count). The van der Waals surface area contributed by atoms with Crippen molar-refractivity contribution in [3.05, 3.63) is 16.1 Å². The summed E-state index contributed by atoms with van der Waals surface area (Å²) in [5, 5.41) is 7.32. The van der Waals surface area contributed by atoms with Gasteiger partial charge in [-0.05, 0) is 38.1 Å². The van der Waals surface area contributed by atoms with Crippen molar-refractivity contribution in [2.24, 2.45) is 11.8 Å². The van der Waals surface area contributed by atoms with Crippen molar-refractivity contribution < 1.29 is 0 Å². The molecule has 3 heteroatoms. The third kappa shape index (κ3) is 2.48. The van der Waals surface area contributed by atoms with Crippen LogP contribution in [0.4, 0.5) is 0 Å². The zero-order valence-corrected chi connectivity index (χ0v) is 12.9. The van der Waals surface area contributed by atoms with E-state index in [1.807, 2.05) is 11.3 Å². The molecule has 0 bridgehead atoms. The fourth-order valence-electron chi connectivity index (χ4n) is 3.54. The molecule has 0 aromatic carbocycles. The second-order valence-corrected chi connectivity index (χ2v) is 6.75. The third-order valence-corrected chi connectivity index (χ3v) is 5.40. The number of rotatable bonds is 4. The van der Waals surface area contributed by atoms with E-state index in [1.165, 1.54) is 36.4 Å². The Hall–Kier alpha value is -0.410. The highest BCUT2D eigenvalue weighted by atomic mass is 32.1. The smallest absolute Gasteiger partial charge is 0.113 e. The molecule has 1 heterocycles. The van der Waals surface area contributed by atoms with E-state index < -0.39 is 0 Å². The van der Waals surface area contributed by atoms with Crippen molar-refractivity contribution in [1.82, 2.24) is 10.3 Å². The van der Waals surface area contributed by atoms with Gasteiger partial charge in [-0.15, -0.1) is 11.3 Å². The maximum Gasteiger partial charge on any atom is 0.113 e. The van der Waals surface area contributed by atoms with Crippen LogP contribution in [0.2, 0.25) is 0 Å². The molecule has 18 heavy (non-hydrogen) atoms. The first-order chi connectivity index (χ1) is 8.60. The molecule has 1 aliphatic rings. The van der Waals surface area contributed by atoms with Crippen molar-refractivity contribution in [3.63, 3.8) is 0 Å². The highest BCUT2D eigenvalue weighted by Crippen LogP contribution is 2.46. The van der Waals surface area contributed by atoms with E-state index in [0.717, 1.165) is 12.5 Å². The molecule has 0 radical (unpaired) electrons. The van der Waals surface area contributed by atoms with E-state index in [-0.39, 0.29) is 5.54 Å². The van der Waals surface area contributed by atoms with Crippen molar-refractivity contribution >= 4 is 11.3 Å². The molecule has 0 spiro atoms. The summed E-state index contributed by atoms with van der Waals surface area (Å²) in [6.45, 7) is 10.1. The van der Waals surface area contributed by atoms with Gasteiger partial charge in [0.1, 0.15) is 5.01 Å². The largest absolute Gasteiger partial charge is 0.305 e. The van der Waals surface area contributed by atoms with Crippen LogP contribution in [0.3, 0.4) is 0 Å². The molecule has 2 unspecified atom stereocenters. The lowest BCUT2D eigenvalue weighted by molar-refractivity contribution is 0.102. The van der Waals surface area contributed by atoms with Crippen LogP contribution in [0.15, 0.2) is 5.38 Å². The summed E-state index contributed by atoms with van der Waals surface area (Å²) in [6, 6.07) is 0. The van der Waals surface area contributed by atoms with Crippen LogP contribution in [0.25, 0.3) is 0 Å². The first-order valence-electron chi connectivity index (χ1n) is 7.27. The summed E-state index contributed by atoms with van der Waals surface area (Å²) < 4.78 is 0. The highest BCUT2D eigenvalue weighted by molar-refractivity contribution is 7.09. The minimum Gasteiger partial charge on any atom is -0.305 e. The molecule has 1 aromatic rings. The number of nitrogens with one attached hydrogen (secondary N) is 1. The molecule has 102 valence electrons. The second kappa shape index (κ2) is 5.70. The van der Waals surface area contributed by atoms with Crippen molar-refractivity contribution in [2.75, 3.05) is 6.54 Å². The van der Waals surface area contributed by atoms with Gasteiger partial charge in [-0.1, -0.05) is 33.6 Å². The minimum atomic E-state index is 0.139.